The second kappa shape index (κ2) is 11.3. The minimum Gasteiger partial charge on any atom is -0.484 e. The number of nitrogens with zero attached hydrogens (tertiary/aromatic N) is 1. The fraction of sp³-hybridized carbons (Fsp3) is 0.207. The van der Waals surface area contributed by atoms with Crippen molar-refractivity contribution in [3.05, 3.63) is 100.0 Å². The van der Waals surface area contributed by atoms with Crippen LogP contribution in [0.2, 0.25) is 0 Å². The van der Waals surface area contributed by atoms with Gasteiger partial charge >= 0.3 is 0 Å². The molecular formula is C29H28N2O4S. The maximum Gasteiger partial charge on any atom is 0.293 e. The van der Waals surface area contributed by atoms with Gasteiger partial charge in [0.15, 0.2) is 6.61 Å². The van der Waals surface area contributed by atoms with Gasteiger partial charge in [0.1, 0.15) is 5.75 Å². The number of anilines is 1. The molecule has 0 saturated carbocycles. The molecule has 1 saturated heterocycles. The molecule has 4 rings (SSSR count). The van der Waals surface area contributed by atoms with Crippen molar-refractivity contribution in [3.8, 4) is 5.75 Å². The van der Waals surface area contributed by atoms with Gasteiger partial charge in [-0.2, -0.15) is 0 Å². The predicted octanol–water partition coefficient (Wildman–Crippen LogP) is 6.37. The Morgan fingerprint density at radius 3 is 2.42 bits per heavy atom. The lowest BCUT2D eigenvalue weighted by atomic mass is 10.0. The van der Waals surface area contributed by atoms with Crippen molar-refractivity contribution in [3.63, 3.8) is 0 Å². The van der Waals surface area contributed by atoms with Crippen LogP contribution in [0.15, 0.2) is 77.7 Å². The van der Waals surface area contributed by atoms with Gasteiger partial charge in [-0.05, 0) is 71.1 Å². The van der Waals surface area contributed by atoms with E-state index < -0.39 is 0 Å². The van der Waals surface area contributed by atoms with Crippen molar-refractivity contribution in [1.29, 1.82) is 0 Å². The summed E-state index contributed by atoms with van der Waals surface area (Å²) >= 11 is 0.938. The number of para-hydroxylation sites is 1. The first-order chi connectivity index (χ1) is 17.3. The number of imide groups is 1. The van der Waals surface area contributed by atoms with Crippen molar-refractivity contribution in [2.24, 2.45) is 0 Å². The SMILES string of the molecule is Cc1ccccc1CN1C(=O)S/C(=C\c2ccc(OCC(=O)Nc3ccccc3C(C)C)cc2)C1=O. The van der Waals surface area contributed by atoms with Crippen LogP contribution in [0.4, 0.5) is 10.5 Å². The number of aryl methyl sites for hydroxylation is 1. The highest BCUT2D eigenvalue weighted by Gasteiger charge is 2.35. The summed E-state index contributed by atoms with van der Waals surface area (Å²) < 4.78 is 5.63. The van der Waals surface area contributed by atoms with E-state index in [2.05, 4.69) is 19.2 Å². The molecule has 1 fully saturated rings. The number of carbonyl (C=O) groups excluding carboxylic acids is 3. The smallest absolute Gasteiger partial charge is 0.293 e. The summed E-state index contributed by atoms with van der Waals surface area (Å²) in [5.41, 5.74) is 4.60. The first kappa shape index (κ1) is 25.3. The summed E-state index contributed by atoms with van der Waals surface area (Å²) in [6.07, 6.45) is 1.70. The van der Waals surface area contributed by atoms with Crippen LogP contribution in [0.3, 0.4) is 0 Å². The van der Waals surface area contributed by atoms with Gasteiger partial charge in [0.25, 0.3) is 17.1 Å². The fourth-order valence-electron chi connectivity index (χ4n) is 3.86. The number of carbonyl (C=O) groups is 3. The largest absolute Gasteiger partial charge is 0.484 e. The Hall–Kier alpha value is -3.84. The number of rotatable bonds is 8. The van der Waals surface area contributed by atoms with Gasteiger partial charge in [-0.3, -0.25) is 19.3 Å². The third-order valence-electron chi connectivity index (χ3n) is 5.87. The lowest BCUT2D eigenvalue weighted by Gasteiger charge is -2.14. The van der Waals surface area contributed by atoms with Gasteiger partial charge in [-0.1, -0.05) is 68.4 Å². The van der Waals surface area contributed by atoms with Crippen LogP contribution in [0.5, 0.6) is 5.75 Å². The highest BCUT2D eigenvalue weighted by Crippen LogP contribution is 2.34. The minimum atomic E-state index is -0.299. The highest BCUT2D eigenvalue weighted by atomic mass is 32.2. The van der Waals surface area contributed by atoms with Gasteiger partial charge in [-0.15, -0.1) is 0 Å². The van der Waals surface area contributed by atoms with E-state index >= 15 is 0 Å². The van der Waals surface area contributed by atoms with Crippen molar-refractivity contribution >= 4 is 40.6 Å². The third kappa shape index (κ3) is 6.04. The number of thioether (sulfide) groups is 1. The van der Waals surface area contributed by atoms with Crippen LogP contribution in [0.25, 0.3) is 6.08 Å². The minimum absolute atomic E-state index is 0.121. The molecule has 7 heteroatoms. The van der Waals surface area contributed by atoms with Crippen LogP contribution in [-0.4, -0.2) is 28.6 Å². The number of benzene rings is 3. The molecule has 1 N–H and O–H groups in total. The molecule has 1 aliphatic rings. The summed E-state index contributed by atoms with van der Waals surface area (Å²) in [4.78, 5) is 39.3. The second-order valence-corrected chi connectivity index (χ2v) is 9.84. The molecule has 0 atom stereocenters. The molecule has 0 aromatic heterocycles. The molecule has 36 heavy (non-hydrogen) atoms. The zero-order valence-corrected chi connectivity index (χ0v) is 21.3. The number of ether oxygens (including phenoxy) is 1. The molecule has 0 aliphatic carbocycles. The molecule has 1 heterocycles. The Kier molecular flexibility index (Phi) is 7.90. The molecular weight excluding hydrogens is 472 g/mol. The van der Waals surface area contributed by atoms with Crippen molar-refractivity contribution in [2.75, 3.05) is 11.9 Å². The first-order valence-electron chi connectivity index (χ1n) is 11.7. The average molecular weight is 501 g/mol. The van der Waals surface area contributed by atoms with Gasteiger partial charge in [0.2, 0.25) is 0 Å². The number of amides is 3. The molecule has 1 aliphatic heterocycles. The molecule has 184 valence electrons. The van der Waals surface area contributed by atoms with Gasteiger partial charge < -0.3 is 10.1 Å². The van der Waals surface area contributed by atoms with Crippen LogP contribution in [0, 0.1) is 6.92 Å². The third-order valence-corrected chi connectivity index (χ3v) is 6.78. The highest BCUT2D eigenvalue weighted by molar-refractivity contribution is 8.18. The van der Waals surface area contributed by atoms with Crippen LogP contribution < -0.4 is 10.1 Å². The topological polar surface area (TPSA) is 75.7 Å². The van der Waals surface area contributed by atoms with E-state index in [0.717, 1.165) is 39.7 Å². The predicted molar refractivity (Wildman–Crippen MR) is 144 cm³/mol. The normalized spacial score (nSPS) is 14.6. The summed E-state index contributed by atoms with van der Waals surface area (Å²) in [5, 5.41) is 2.63. The maximum absolute atomic E-state index is 12.8. The van der Waals surface area contributed by atoms with Crippen molar-refractivity contribution < 1.29 is 19.1 Å². The lowest BCUT2D eigenvalue weighted by molar-refractivity contribution is -0.123. The molecule has 3 aromatic rings. The van der Waals surface area contributed by atoms with Crippen LogP contribution in [0.1, 0.15) is 42.0 Å². The zero-order chi connectivity index (χ0) is 25.7. The Morgan fingerprint density at radius 2 is 1.69 bits per heavy atom. The van der Waals surface area contributed by atoms with E-state index in [1.54, 1.807) is 30.3 Å². The van der Waals surface area contributed by atoms with Crippen LogP contribution in [-0.2, 0) is 16.1 Å². The van der Waals surface area contributed by atoms with Gasteiger partial charge in [0, 0.05) is 5.69 Å². The summed E-state index contributed by atoms with van der Waals surface area (Å²) in [6.45, 7) is 6.25. The zero-order valence-electron chi connectivity index (χ0n) is 20.5. The van der Waals surface area contributed by atoms with E-state index in [1.165, 1.54) is 4.90 Å². The first-order valence-corrected chi connectivity index (χ1v) is 12.5. The summed E-state index contributed by atoms with van der Waals surface area (Å²) in [5.74, 6) is 0.285. The molecule has 0 unspecified atom stereocenters. The Bertz CT molecular complexity index is 1310. The van der Waals surface area contributed by atoms with E-state index in [4.69, 9.17) is 4.74 Å². The van der Waals surface area contributed by atoms with Crippen molar-refractivity contribution in [1.82, 2.24) is 4.90 Å². The fourth-order valence-corrected chi connectivity index (χ4v) is 4.69. The van der Waals surface area contributed by atoms with E-state index in [1.807, 2.05) is 55.5 Å². The molecule has 3 amide bonds. The number of nitrogens with one attached hydrogen (secondary N) is 1. The van der Waals surface area contributed by atoms with Gasteiger partial charge in [-0.25, -0.2) is 0 Å². The molecule has 0 spiro atoms. The monoisotopic (exact) mass is 500 g/mol. The van der Waals surface area contributed by atoms with E-state index in [-0.39, 0.29) is 30.2 Å². The molecule has 0 bridgehead atoms. The molecule has 6 nitrogen and oxygen atoms in total. The quantitative estimate of drug-likeness (QED) is 0.364. The maximum atomic E-state index is 12.8. The average Bonchev–Trinajstić information content (AvgIpc) is 3.12. The standard InChI is InChI=1S/C29H28N2O4S/c1-19(2)24-10-6-7-11-25(24)30-27(32)18-35-23-14-12-21(13-15-23)16-26-28(33)31(29(34)36-26)17-22-9-5-4-8-20(22)3/h4-16,19H,17-18H2,1-3H3,(H,30,32)/b26-16-. The van der Waals surface area contributed by atoms with Crippen LogP contribution >= 0.6 is 11.8 Å². The van der Waals surface area contributed by atoms with Gasteiger partial charge in [0.05, 0.1) is 11.4 Å². The lowest BCUT2D eigenvalue weighted by Crippen LogP contribution is -2.27. The summed E-state index contributed by atoms with van der Waals surface area (Å²) in [6, 6.07) is 22.5. The summed E-state index contributed by atoms with van der Waals surface area (Å²) in [7, 11) is 0. The Morgan fingerprint density at radius 1 is 1.00 bits per heavy atom. The Balaban J connectivity index is 1.35. The molecule has 3 aromatic carbocycles. The van der Waals surface area contributed by atoms with E-state index in [0.29, 0.717) is 16.6 Å². The molecule has 0 radical (unpaired) electrons. The van der Waals surface area contributed by atoms with E-state index in [9.17, 15) is 14.4 Å². The van der Waals surface area contributed by atoms with Crippen molar-refractivity contribution in [2.45, 2.75) is 33.2 Å². The number of hydrogen-bond acceptors (Lipinski definition) is 5. The second-order valence-electron chi connectivity index (χ2n) is 8.84. The Labute approximate surface area is 215 Å². The number of hydrogen-bond donors (Lipinski definition) is 1.